The summed E-state index contributed by atoms with van der Waals surface area (Å²) >= 11 is 6.49. The van der Waals surface area contributed by atoms with Gasteiger partial charge in [0.25, 0.3) is 0 Å². The molecule has 0 spiro atoms. The van der Waals surface area contributed by atoms with Gasteiger partial charge in [0, 0.05) is 54.6 Å². The third-order valence-corrected chi connectivity index (χ3v) is 5.81. The Kier molecular flexibility index (Phi) is 5.09. The fourth-order valence-electron chi connectivity index (χ4n) is 3.91. The Bertz CT molecular complexity index is 1030. The van der Waals surface area contributed by atoms with Gasteiger partial charge in [0.1, 0.15) is 0 Å². The molecule has 1 saturated heterocycles. The lowest BCUT2D eigenvalue weighted by Crippen LogP contribution is -2.35. The molecule has 2 unspecified atom stereocenters. The lowest BCUT2D eigenvalue weighted by molar-refractivity contribution is -0.128. The summed E-state index contributed by atoms with van der Waals surface area (Å²) in [4.78, 5) is 29.3. The van der Waals surface area contributed by atoms with Gasteiger partial charge < -0.3 is 15.2 Å². The van der Waals surface area contributed by atoms with Gasteiger partial charge >= 0.3 is 0 Å². The van der Waals surface area contributed by atoms with E-state index < -0.39 is 0 Å². The molecular weight excluding hydrogens is 374 g/mol. The summed E-state index contributed by atoms with van der Waals surface area (Å²) in [5.74, 6) is -0.468. The molecule has 0 saturated carbocycles. The Morgan fingerprint density at radius 1 is 1.21 bits per heavy atom. The molecule has 0 bridgehead atoms. The number of likely N-dealkylation sites (tertiary alicyclic amines) is 1. The van der Waals surface area contributed by atoms with Crippen molar-refractivity contribution >= 4 is 34.3 Å². The van der Waals surface area contributed by atoms with E-state index in [9.17, 15) is 9.59 Å². The Balaban J connectivity index is 1.62. The second kappa shape index (κ2) is 7.68. The summed E-state index contributed by atoms with van der Waals surface area (Å²) in [6.07, 6.45) is 2.25. The largest absolute Gasteiger partial charge is 0.361 e. The summed E-state index contributed by atoms with van der Waals surface area (Å²) in [5, 5.41) is 4.83. The van der Waals surface area contributed by atoms with Crippen molar-refractivity contribution in [1.82, 2.24) is 15.2 Å². The van der Waals surface area contributed by atoms with E-state index in [-0.39, 0.29) is 30.1 Å². The van der Waals surface area contributed by atoms with E-state index >= 15 is 0 Å². The predicted octanol–water partition coefficient (Wildman–Crippen LogP) is 3.55. The van der Waals surface area contributed by atoms with Gasteiger partial charge in [0.05, 0.1) is 5.92 Å². The van der Waals surface area contributed by atoms with Crippen molar-refractivity contribution in [3.8, 4) is 0 Å². The molecule has 1 fully saturated rings. The summed E-state index contributed by atoms with van der Waals surface area (Å²) in [6, 6.07) is 15.8. The quantitative estimate of drug-likeness (QED) is 0.693. The van der Waals surface area contributed by atoms with E-state index in [0.717, 1.165) is 22.0 Å². The van der Waals surface area contributed by atoms with Crippen LogP contribution in [0.5, 0.6) is 0 Å². The fourth-order valence-corrected chi connectivity index (χ4v) is 4.18. The zero-order valence-corrected chi connectivity index (χ0v) is 16.4. The van der Waals surface area contributed by atoms with Crippen molar-refractivity contribution in [2.24, 2.45) is 5.92 Å². The van der Waals surface area contributed by atoms with E-state index in [0.29, 0.717) is 18.1 Å². The van der Waals surface area contributed by atoms with Crippen LogP contribution in [-0.4, -0.2) is 41.8 Å². The van der Waals surface area contributed by atoms with E-state index in [4.69, 9.17) is 11.6 Å². The van der Waals surface area contributed by atoms with E-state index in [1.54, 1.807) is 11.9 Å². The molecule has 2 aromatic carbocycles. The Morgan fingerprint density at radius 3 is 2.71 bits per heavy atom. The second-order valence-electron chi connectivity index (χ2n) is 7.28. The first-order chi connectivity index (χ1) is 13.5. The highest BCUT2D eigenvalue weighted by Crippen LogP contribution is 2.34. The van der Waals surface area contributed by atoms with Crippen LogP contribution in [0.2, 0.25) is 5.02 Å². The van der Waals surface area contributed by atoms with Crippen molar-refractivity contribution in [2.75, 3.05) is 20.1 Å². The minimum absolute atomic E-state index is 0.0134. The number of rotatable bonds is 5. The highest BCUT2D eigenvalue weighted by Gasteiger charge is 2.32. The Morgan fingerprint density at radius 2 is 1.96 bits per heavy atom. The zero-order chi connectivity index (χ0) is 19.7. The van der Waals surface area contributed by atoms with Crippen LogP contribution in [-0.2, 0) is 9.59 Å². The standard InChI is InChI=1S/C22H22ClN3O2/c1-26-13-14(10-21(26)27)22(28)25-12-17(15-6-2-4-8-19(15)23)18-11-24-20-9-5-3-7-16(18)20/h2-9,11,14,17,24H,10,12-13H2,1H3,(H,25,28). The third-order valence-electron chi connectivity index (χ3n) is 5.47. The van der Waals surface area contributed by atoms with Crippen LogP contribution >= 0.6 is 11.6 Å². The third kappa shape index (κ3) is 3.50. The maximum atomic E-state index is 12.7. The van der Waals surface area contributed by atoms with Crippen molar-refractivity contribution in [2.45, 2.75) is 12.3 Å². The van der Waals surface area contributed by atoms with Crippen molar-refractivity contribution in [3.05, 3.63) is 70.9 Å². The van der Waals surface area contributed by atoms with Gasteiger partial charge in [-0.05, 0) is 23.3 Å². The second-order valence-corrected chi connectivity index (χ2v) is 7.69. The molecule has 1 aliphatic heterocycles. The van der Waals surface area contributed by atoms with E-state index in [1.165, 1.54) is 0 Å². The molecule has 4 rings (SSSR count). The number of fused-ring (bicyclic) bond motifs is 1. The van der Waals surface area contributed by atoms with Crippen LogP contribution in [0.3, 0.4) is 0 Å². The topological polar surface area (TPSA) is 65.2 Å². The van der Waals surface area contributed by atoms with Crippen molar-refractivity contribution in [1.29, 1.82) is 0 Å². The average molecular weight is 396 g/mol. The smallest absolute Gasteiger partial charge is 0.225 e. The first-order valence-corrected chi connectivity index (χ1v) is 9.74. The Labute approximate surface area is 168 Å². The minimum atomic E-state index is -0.299. The van der Waals surface area contributed by atoms with Gasteiger partial charge in [-0.1, -0.05) is 48.0 Å². The van der Waals surface area contributed by atoms with Crippen LogP contribution in [0, 0.1) is 5.92 Å². The maximum Gasteiger partial charge on any atom is 0.225 e. The lowest BCUT2D eigenvalue weighted by Gasteiger charge is -2.20. The number of nitrogens with zero attached hydrogens (tertiary/aromatic N) is 1. The SMILES string of the molecule is CN1CC(C(=O)NCC(c2ccccc2Cl)c2c[nH]c3ccccc23)CC1=O. The predicted molar refractivity (Wildman–Crippen MR) is 110 cm³/mol. The number of aromatic nitrogens is 1. The molecule has 0 radical (unpaired) electrons. The molecular formula is C22H22ClN3O2. The highest BCUT2D eigenvalue weighted by molar-refractivity contribution is 6.31. The summed E-state index contributed by atoms with van der Waals surface area (Å²) in [5.41, 5.74) is 3.10. The van der Waals surface area contributed by atoms with Crippen LogP contribution in [0.1, 0.15) is 23.5 Å². The molecule has 144 valence electrons. The number of halogens is 1. The number of carbonyl (C=O) groups is 2. The monoisotopic (exact) mass is 395 g/mol. The summed E-state index contributed by atoms with van der Waals surface area (Å²) in [6.45, 7) is 0.882. The molecule has 1 aromatic heterocycles. The fraction of sp³-hybridized carbons (Fsp3) is 0.273. The molecule has 2 heterocycles. The average Bonchev–Trinajstić information content (AvgIpc) is 3.27. The number of benzene rings is 2. The molecule has 5 nitrogen and oxygen atoms in total. The number of nitrogens with one attached hydrogen (secondary N) is 2. The molecule has 0 aliphatic carbocycles. The number of hydrogen-bond donors (Lipinski definition) is 2. The van der Waals surface area contributed by atoms with Gasteiger partial charge in [-0.25, -0.2) is 0 Å². The normalized spacial score (nSPS) is 17.9. The van der Waals surface area contributed by atoms with Crippen molar-refractivity contribution < 1.29 is 9.59 Å². The number of carbonyl (C=O) groups excluding carboxylic acids is 2. The first-order valence-electron chi connectivity index (χ1n) is 9.36. The van der Waals surface area contributed by atoms with E-state index in [1.807, 2.05) is 48.7 Å². The number of H-pyrrole nitrogens is 1. The van der Waals surface area contributed by atoms with Crippen molar-refractivity contribution in [3.63, 3.8) is 0 Å². The zero-order valence-electron chi connectivity index (χ0n) is 15.6. The first kappa shape index (κ1) is 18.6. The number of aromatic amines is 1. The van der Waals surface area contributed by atoms with Crippen LogP contribution in [0.25, 0.3) is 10.9 Å². The molecule has 28 heavy (non-hydrogen) atoms. The van der Waals surface area contributed by atoms with Gasteiger partial charge in [-0.2, -0.15) is 0 Å². The lowest BCUT2D eigenvalue weighted by atomic mass is 9.90. The highest BCUT2D eigenvalue weighted by atomic mass is 35.5. The molecule has 2 amide bonds. The molecule has 3 aromatic rings. The maximum absolute atomic E-state index is 12.7. The van der Waals surface area contributed by atoms with E-state index in [2.05, 4.69) is 16.4 Å². The molecule has 2 atom stereocenters. The molecule has 6 heteroatoms. The molecule has 1 aliphatic rings. The Hall–Kier alpha value is -2.79. The molecule has 2 N–H and O–H groups in total. The number of hydrogen-bond acceptors (Lipinski definition) is 2. The van der Waals surface area contributed by atoms with Crippen LogP contribution in [0.15, 0.2) is 54.7 Å². The van der Waals surface area contributed by atoms with Crippen LogP contribution in [0.4, 0.5) is 0 Å². The number of amides is 2. The summed E-state index contributed by atoms with van der Waals surface area (Å²) in [7, 11) is 1.73. The number of para-hydroxylation sites is 1. The van der Waals surface area contributed by atoms with Gasteiger partial charge in [0.15, 0.2) is 0 Å². The minimum Gasteiger partial charge on any atom is -0.361 e. The van der Waals surface area contributed by atoms with Gasteiger partial charge in [0.2, 0.25) is 11.8 Å². The van der Waals surface area contributed by atoms with Crippen LogP contribution < -0.4 is 5.32 Å². The van der Waals surface area contributed by atoms with Gasteiger partial charge in [-0.15, -0.1) is 0 Å². The summed E-state index contributed by atoms with van der Waals surface area (Å²) < 4.78 is 0. The van der Waals surface area contributed by atoms with Gasteiger partial charge in [-0.3, -0.25) is 9.59 Å².